The smallest absolute Gasteiger partial charge is 0.123 e. The molecule has 0 saturated heterocycles. The fourth-order valence-corrected chi connectivity index (χ4v) is 2.65. The maximum absolute atomic E-state index is 13.2. The van der Waals surface area contributed by atoms with Crippen molar-refractivity contribution < 1.29 is 4.39 Å². The molecular formula is C16H17ClFN. The molecule has 0 aliphatic heterocycles. The van der Waals surface area contributed by atoms with Gasteiger partial charge in [0.05, 0.1) is 6.04 Å². The quantitative estimate of drug-likeness (QED) is 0.876. The first-order valence-electron chi connectivity index (χ1n) is 6.22. The first-order chi connectivity index (χ1) is 9.02. The molecule has 1 N–H and O–H groups in total. The molecule has 2 aromatic carbocycles. The van der Waals surface area contributed by atoms with Gasteiger partial charge in [0.15, 0.2) is 0 Å². The molecule has 1 nitrogen and oxygen atoms in total. The average molecular weight is 278 g/mol. The fourth-order valence-electron chi connectivity index (χ4n) is 2.31. The van der Waals surface area contributed by atoms with Crippen molar-refractivity contribution in [2.75, 3.05) is 7.05 Å². The molecule has 0 aliphatic rings. The number of benzene rings is 2. The van der Waals surface area contributed by atoms with Gasteiger partial charge in [0.25, 0.3) is 0 Å². The van der Waals surface area contributed by atoms with Crippen molar-refractivity contribution in [1.29, 1.82) is 0 Å². The molecule has 0 heterocycles. The molecule has 0 bridgehead atoms. The van der Waals surface area contributed by atoms with Crippen LogP contribution in [0.2, 0.25) is 5.02 Å². The lowest BCUT2D eigenvalue weighted by molar-refractivity contribution is 0.621. The van der Waals surface area contributed by atoms with E-state index >= 15 is 0 Å². The summed E-state index contributed by atoms with van der Waals surface area (Å²) in [6, 6.07) is 10.8. The number of hydrogen-bond donors (Lipinski definition) is 1. The monoisotopic (exact) mass is 277 g/mol. The van der Waals surface area contributed by atoms with Gasteiger partial charge in [-0.1, -0.05) is 29.8 Å². The molecule has 19 heavy (non-hydrogen) atoms. The first kappa shape index (κ1) is 14.0. The van der Waals surface area contributed by atoms with Gasteiger partial charge in [-0.15, -0.1) is 0 Å². The topological polar surface area (TPSA) is 12.0 Å². The highest BCUT2D eigenvalue weighted by atomic mass is 35.5. The van der Waals surface area contributed by atoms with Gasteiger partial charge >= 0.3 is 0 Å². The first-order valence-corrected chi connectivity index (χ1v) is 6.60. The van der Waals surface area contributed by atoms with Gasteiger partial charge in [-0.25, -0.2) is 4.39 Å². The Morgan fingerprint density at radius 1 is 1.05 bits per heavy atom. The van der Waals surface area contributed by atoms with Crippen molar-refractivity contribution in [1.82, 2.24) is 5.32 Å². The zero-order valence-corrected chi connectivity index (χ0v) is 12.1. The lowest BCUT2D eigenvalue weighted by Crippen LogP contribution is -2.19. The molecule has 2 aromatic rings. The summed E-state index contributed by atoms with van der Waals surface area (Å²) in [6.45, 7) is 3.91. The third-order valence-electron chi connectivity index (χ3n) is 3.30. The average Bonchev–Trinajstić information content (AvgIpc) is 2.34. The Balaban J connectivity index is 2.50. The lowest BCUT2D eigenvalue weighted by atomic mass is 9.94. The minimum atomic E-state index is -0.217. The summed E-state index contributed by atoms with van der Waals surface area (Å²) in [6.07, 6.45) is 0. The lowest BCUT2D eigenvalue weighted by Gasteiger charge is -2.21. The minimum absolute atomic E-state index is 0.0336. The Morgan fingerprint density at radius 2 is 1.74 bits per heavy atom. The zero-order valence-electron chi connectivity index (χ0n) is 11.3. The Labute approximate surface area is 118 Å². The summed E-state index contributed by atoms with van der Waals surface area (Å²) in [5.74, 6) is -0.217. The van der Waals surface area contributed by atoms with Crippen molar-refractivity contribution >= 4 is 11.6 Å². The maximum atomic E-state index is 13.2. The van der Waals surface area contributed by atoms with Crippen LogP contribution in [0.1, 0.15) is 28.3 Å². The molecule has 0 saturated carbocycles. The van der Waals surface area contributed by atoms with Crippen LogP contribution in [0.5, 0.6) is 0 Å². The van der Waals surface area contributed by atoms with E-state index in [1.54, 1.807) is 6.07 Å². The summed E-state index contributed by atoms with van der Waals surface area (Å²) in [5, 5.41) is 3.97. The van der Waals surface area contributed by atoms with Crippen LogP contribution in [0, 0.1) is 19.7 Å². The maximum Gasteiger partial charge on any atom is 0.123 e. The van der Waals surface area contributed by atoms with Gasteiger partial charge in [0, 0.05) is 5.02 Å². The normalized spacial score (nSPS) is 12.5. The Bertz CT molecular complexity index is 544. The molecule has 2 rings (SSSR count). The second-order valence-electron chi connectivity index (χ2n) is 4.75. The van der Waals surface area contributed by atoms with E-state index in [4.69, 9.17) is 11.6 Å². The van der Waals surface area contributed by atoms with E-state index in [-0.39, 0.29) is 11.9 Å². The fraction of sp³-hybridized carbons (Fsp3) is 0.250. The molecule has 0 amide bonds. The Hall–Kier alpha value is -1.38. The molecule has 1 unspecified atom stereocenters. The van der Waals surface area contributed by atoms with E-state index in [0.29, 0.717) is 0 Å². The van der Waals surface area contributed by atoms with Gasteiger partial charge in [-0.3, -0.25) is 0 Å². The van der Waals surface area contributed by atoms with Gasteiger partial charge < -0.3 is 5.32 Å². The highest BCUT2D eigenvalue weighted by molar-refractivity contribution is 6.31. The SMILES string of the molecule is CNC(c1ccc(F)cc1C)c1ccc(C)cc1Cl. The summed E-state index contributed by atoms with van der Waals surface area (Å²) < 4.78 is 13.2. The summed E-state index contributed by atoms with van der Waals surface area (Å²) in [4.78, 5) is 0. The van der Waals surface area contributed by atoms with E-state index in [0.717, 1.165) is 27.3 Å². The summed E-state index contributed by atoms with van der Waals surface area (Å²) in [7, 11) is 1.88. The van der Waals surface area contributed by atoms with Gasteiger partial charge in [0.1, 0.15) is 5.82 Å². The molecule has 0 spiro atoms. The molecule has 0 fully saturated rings. The van der Waals surface area contributed by atoms with Crippen molar-refractivity contribution in [2.24, 2.45) is 0 Å². The number of halogens is 2. The Morgan fingerprint density at radius 3 is 2.32 bits per heavy atom. The van der Waals surface area contributed by atoms with Gasteiger partial charge in [-0.2, -0.15) is 0 Å². The standard InChI is InChI=1S/C16H17ClFN/c1-10-4-6-14(15(17)8-10)16(19-3)13-7-5-12(18)9-11(13)2/h4-9,16,19H,1-3H3. The van der Waals surface area contributed by atoms with Gasteiger partial charge in [0.2, 0.25) is 0 Å². The molecular weight excluding hydrogens is 261 g/mol. The van der Waals surface area contributed by atoms with Crippen LogP contribution in [0.4, 0.5) is 4.39 Å². The molecule has 0 aliphatic carbocycles. The molecule has 0 aromatic heterocycles. The second kappa shape index (κ2) is 5.72. The predicted molar refractivity (Wildman–Crippen MR) is 78.2 cm³/mol. The minimum Gasteiger partial charge on any atom is -0.309 e. The molecule has 3 heteroatoms. The van der Waals surface area contributed by atoms with Crippen molar-refractivity contribution in [3.8, 4) is 0 Å². The number of aryl methyl sites for hydroxylation is 2. The van der Waals surface area contributed by atoms with E-state index < -0.39 is 0 Å². The van der Waals surface area contributed by atoms with Crippen LogP contribution in [0.25, 0.3) is 0 Å². The van der Waals surface area contributed by atoms with E-state index in [2.05, 4.69) is 5.32 Å². The van der Waals surface area contributed by atoms with Crippen molar-refractivity contribution in [3.05, 3.63) is 69.5 Å². The molecule has 1 atom stereocenters. The highest BCUT2D eigenvalue weighted by Gasteiger charge is 2.17. The molecule has 0 radical (unpaired) electrons. The van der Waals surface area contributed by atoms with Crippen LogP contribution in [-0.2, 0) is 0 Å². The van der Waals surface area contributed by atoms with E-state index in [1.807, 2.05) is 45.2 Å². The summed E-state index contributed by atoms with van der Waals surface area (Å²) >= 11 is 6.32. The highest BCUT2D eigenvalue weighted by Crippen LogP contribution is 2.30. The third-order valence-corrected chi connectivity index (χ3v) is 3.63. The van der Waals surface area contributed by atoms with Crippen molar-refractivity contribution in [3.63, 3.8) is 0 Å². The van der Waals surface area contributed by atoms with Crippen molar-refractivity contribution in [2.45, 2.75) is 19.9 Å². The summed E-state index contributed by atoms with van der Waals surface area (Å²) in [5.41, 5.74) is 4.08. The largest absolute Gasteiger partial charge is 0.309 e. The van der Waals surface area contributed by atoms with Crippen LogP contribution >= 0.6 is 11.6 Å². The van der Waals surface area contributed by atoms with Crippen LogP contribution in [-0.4, -0.2) is 7.05 Å². The van der Waals surface area contributed by atoms with Gasteiger partial charge in [-0.05, 0) is 61.3 Å². The van der Waals surface area contributed by atoms with E-state index in [9.17, 15) is 4.39 Å². The van der Waals surface area contributed by atoms with Crippen LogP contribution in [0.3, 0.4) is 0 Å². The predicted octanol–water partition coefficient (Wildman–Crippen LogP) is 4.40. The second-order valence-corrected chi connectivity index (χ2v) is 5.15. The van der Waals surface area contributed by atoms with E-state index in [1.165, 1.54) is 6.07 Å². The van der Waals surface area contributed by atoms with Crippen LogP contribution in [0.15, 0.2) is 36.4 Å². The zero-order chi connectivity index (χ0) is 14.0. The van der Waals surface area contributed by atoms with Crippen LogP contribution < -0.4 is 5.32 Å². The number of hydrogen-bond acceptors (Lipinski definition) is 1. The Kier molecular flexibility index (Phi) is 4.23. The number of rotatable bonds is 3. The third kappa shape index (κ3) is 2.96. The molecule has 100 valence electrons. The number of nitrogens with one attached hydrogen (secondary N) is 1.